The SMILES string of the molecule is COC1OCC(F)N(Nc2ccccc2)C1F. The van der Waals surface area contributed by atoms with Crippen LogP contribution in [0.1, 0.15) is 0 Å². The number of hydrogen-bond donors (Lipinski definition) is 1. The average Bonchev–Trinajstić information content (AvgIpc) is 2.36. The summed E-state index contributed by atoms with van der Waals surface area (Å²) >= 11 is 0. The third kappa shape index (κ3) is 2.71. The Morgan fingerprint density at radius 2 is 2.06 bits per heavy atom. The van der Waals surface area contributed by atoms with Gasteiger partial charge in [0, 0.05) is 12.8 Å². The molecule has 0 aromatic heterocycles. The second-order valence-electron chi connectivity index (χ2n) is 3.63. The number of rotatable bonds is 3. The van der Waals surface area contributed by atoms with E-state index in [0.717, 1.165) is 5.01 Å². The Morgan fingerprint density at radius 1 is 1.35 bits per heavy atom. The van der Waals surface area contributed by atoms with Crippen molar-refractivity contribution in [2.75, 3.05) is 19.1 Å². The summed E-state index contributed by atoms with van der Waals surface area (Å²) < 4.78 is 37.0. The van der Waals surface area contributed by atoms with Crippen molar-refractivity contribution in [2.45, 2.75) is 18.9 Å². The molecule has 0 spiro atoms. The smallest absolute Gasteiger partial charge is 0.223 e. The molecule has 0 saturated carbocycles. The van der Waals surface area contributed by atoms with Gasteiger partial charge in [-0.1, -0.05) is 18.2 Å². The zero-order chi connectivity index (χ0) is 12.3. The van der Waals surface area contributed by atoms with Crippen molar-refractivity contribution >= 4 is 5.69 Å². The molecule has 6 heteroatoms. The van der Waals surface area contributed by atoms with Crippen molar-refractivity contribution in [1.82, 2.24) is 5.01 Å². The molecule has 3 atom stereocenters. The van der Waals surface area contributed by atoms with Crippen molar-refractivity contribution in [2.24, 2.45) is 0 Å². The van der Waals surface area contributed by atoms with Gasteiger partial charge < -0.3 is 14.9 Å². The fourth-order valence-corrected chi connectivity index (χ4v) is 1.59. The minimum Gasteiger partial charge on any atom is -0.352 e. The van der Waals surface area contributed by atoms with Crippen molar-refractivity contribution in [3.63, 3.8) is 0 Å². The highest BCUT2D eigenvalue weighted by molar-refractivity contribution is 5.41. The molecule has 0 bridgehead atoms. The molecule has 1 aromatic rings. The lowest BCUT2D eigenvalue weighted by atomic mass is 10.3. The molecule has 3 unspecified atom stereocenters. The first-order valence-corrected chi connectivity index (χ1v) is 5.25. The quantitative estimate of drug-likeness (QED) is 0.823. The largest absolute Gasteiger partial charge is 0.352 e. The molecule has 17 heavy (non-hydrogen) atoms. The van der Waals surface area contributed by atoms with E-state index in [1.807, 2.05) is 6.07 Å². The van der Waals surface area contributed by atoms with E-state index in [-0.39, 0.29) is 6.61 Å². The Kier molecular flexibility index (Phi) is 3.88. The molecule has 4 nitrogen and oxygen atoms in total. The molecule has 1 aliphatic heterocycles. The summed E-state index contributed by atoms with van der Waals surface area (Å²) in [4.78, 5) is 0. The van der Waals surface area contributed by atoms with Gasteiger partial charge in [0.05, 0.1) is 6.61 Å². The summed E-state index contributed by atoms with van der Waals surface area (Å²) in [6.07, 6.45) is -4.35. The van der Waals surface area contributed by atoms with Crippen LogP contribution in [-0.2, 0) is 9.47 Å². The van der Waals surface area contributed by atoms with Crippen LogP contribution in [0.5, 0.6) is 0 Å². The van der Waals surface area contributed by atoms with Gasteiger partial charge >= 0.3 is 0 Å². The van der Waals surface area contributed by atoms with Crippen LogP contribution in [0.2, 0.25) is 0 Å². The highest BCUT2D eigenvalue weighted by atomic mass is 19.2. The first-order chi connectivity index (χ1) is 8.22. The Labute approximate surface area is 98.1 Å². The second kappa shape index (κ2) is 5.39. The van der Waals surface area contributed by atoms with E-state index in [4.69, 9.17) is 9.47 Å². The third-order valence-electron chi connectivity index (χ3n) is 2.45. The van der Waals surface area contributed by atoms with E-state index in [1.54, 1.807) is 24.3 Å². The van der Waals surface area contributed by atoms with E-state index in [1.165, 1.54) is 7.11 Å². The van der Waals surface area contributed by atoms with Gasteiger partial charge in [-0.2, -0.15) is 0 Å². The lowest BCUT2D eigenvalue weighted by Gasteiger charge is -2.38. The van der Waals surface area contributed by atoms with Crippen LogP contribution >= 0.6 is 0 Å². The van der Waals surface area contributed by atoms with Crippen LogP contribution in [0.3, 0.4) is 0 Å². The maximum absolute atomic E-state index is 13.8. The Bertz CT molecular complexity index is 353. The van der Waals surface area contributed by atoms with E-state index in [2.05, 4.69) is 5.43 Å². The number of morpholine rings is 1. The van der Waals surface area contributed by atoms with Crippen molar-refractivity contribution in [1.29, 1.82) is 0 Å². The summed E-state index contributed by atoms with van der Waals surface area (Å²) in [6, 6.07) is 8.81. The monoisotopic (exact) mass is 244 g/mol. The molecule has 1 N–H and O–H groups in total. The van der Waals surface area contributed by atoms with Crippen LogP contribution in [0.15, 0.2) is 30.3 Å². The van der Waals surface area contributed by atoms with Crippen molar-refractivity contribution in [3.05, 3.63) is 30.3 Å². The first-order valence-electron chi connectivity index (χ1n) is 5.25. The molecule has 1 aromatic carbocycles. The molecule has 94 valence electrons. The minimum absolute atomic E-state index is 0.237. The summed E-state index contributed by atoms with van der Waals surface area (Å²) in [5, 5.41) is 0.854. The topological polar surface area (TPSA) is 33.7 Å². The zero-order valence-corrected chi connectivity index (χ0v) is 9.35. The fraction of sp³-hybridized carbons (Fsp3) is 0.455. The molecule has 1 fully saturated rings. The Balaban J connectivity index is 2.07. The lowest BCUT2D eigenvalue weighted by Crippen LogP contribution is -2.56. The summed E-state index contributed by atoms with van der Waals surface area (Å²) in [5.74, 6) is 0. The second-order valence-corrected chi connectivity index (χ2v) is 3.63. The van der Waals surface area contributed by atoms with E-state index < -0.39 is 18.9 Å². The highest BCUT2D eigenvalue weighted by Gasteiger charge is 2.39. The van der Waals surface area contributed by atoms with Crippen LogP contribution in [-0.4, -0.2) is 37.6 Å². The molecule has 0 aliphatic carbocycles. The number of halogens is 2. The van der Waals surface area contributed by atoms with Gasteiger partial charge in [-0.15, -0.1) is 5.01 Å². The van der Waals surface area contributed by atoms with Crippen LogP contribution in [0, 0.1) is 0 Å². The minimum atomic E-state index is -1.70. The number of hydrazine groups is 1. The number of hydrogen-bond acceptors (Lipinski definition) is 4. The van der Waals surface area contributed by atoms with Crippen LogP contribution in [0.25, 0.3) is 0 Å². The van der Waals surface area contributed by atoms with E-state index >= 15 is 0 Å². The molecule has 1 heterocycles. The molecule has 1 aliphatic rings. The van der Waals surface area contributed by atoms with Gasteiger partial charge in [0.15, 0.2) is 6.30 Å². The maximum atomic E-state index is 13.8. The van der Waals surface area contributed by atoms with E-state index in [9.17, 15) is 8.78 Å². The lowest BCUT2D eigenvalue weighted by molar-refractivity contribution is -0.256. The number of nitrogens with zero attached hydrogens (tertiary/aromatic N) is 1. The summed E-state index contributed by atoms with van der Waals surface area (Å²) in [5.41, 5.74) is 3.27. The van der Waals surface area contributed by atoms with Gasteiger partial charge in [0.25, 0.3) is 0 Å². The average molecular weight is 244 g/mol. The van der Waals surface area contributed by atoms with Gasteiger partial charge in [-0.25, -0.2) is 8.78 Å². The fourth-order valence-electron chi connectivity index (χ4n) is 1.59. The number of benzene rings is 1. The Morgan fingerprint density at radius 3 is 2.71 bits per heavy atom. The number of ether oxygens (including phenoxy) is 2. The number of para-hydroxylation sites is 1. The molecular weight excluding hydrogens is 230 g/mol. The zero-order valence-electron chi connectivity index (χ0n) is 9.35. The standard InChI is InChI=1S/C11H14F2N2O2/c1-16-11-10(13)15(9(12)7-17-11)14-8-5-3-2-4-6-8/h2-6,9-11,14H,7H2,1H3. The number of anilines is 1. The molecule has 0 amide bonds. The maximum Gasteiger partial charge on any atom is 0.223 e. The van der Waals surface area contributed by atoms with Gasteiger partial charge in [-0.05, 0) is 12.1 Å². The number of methoxy groups -OCH3 is 1. The first kappa shape index (κ1) is 12.2. The van der Waals surface area contributed by atoms with Crippen LogP contribution < -0.4 is 5.43 Å². The normalized spacial score (nSPS) is 30.2. The molecule has 0 radical (unpaired) electrons. The summed E-state index contributed by atoms with van der Waals surface area (Å²) in [6.45, 7) is -0.237. The number of nitrogens with one attached hydrogen (secondary N) is 1. The third-order valence-corrected chi connectivity index (χ3v) is 2.45. The molecule has 1 saturated heterocycles. The van der Waals surface area contributed by atoms with Crippen molar-refractivity contribution < 1.29 is 18.3 Å². The van der Waals surface area contributed by atoms with Crippen molar-refractivity contribution in [3.8, 4) is 0 Å². The van der Waals surface area contributed by atoms with Gasteiger partial charge in [-0.3, -0.25) is 0 Å². The number of alkyl halides is 2. The predicted octanol–water partition coefficient (Wildman–Crippen LogP) is 1.91. The summed E-state index contributed by atoms with van der Waals surface area (Å²) in [7, 11) is 1.32. The molecular formula is C11H14F2N2O2. The molecule has 2 rings (SSSR count). The highest BCUT2D eigenvalue weighted by Crippen LogP contribution is 2.22. The van der Waals surface area contributed by atoms with Gasteiger partial charge in [0.2, 0.25) is 12.6 Å². The van der Waals surface area contributed by atoms with Gasteiger partial charge in [0.1, 0.15) is 0 Å². The van der Waals surface area contributed by atoms with Crippen LogP contribution in [0.4, 0.5) is 14.5 Å². The predicted molar refractivity (Wildman–Crippen MR) is 58.4 cm³/mol. The van der Waals surface area contributed by atoms with E-state index in [0.29, 0.717) is 5.69 Å². The Hall–Kier alpha value is -1.24.